The molecule has 1 amide bonds. The Balaban J connectivity index is 1.46. The van der Waals surface area contributed by atoms with Crippen LogP contribution in [0.25, 0.3) is 11.1 Å². The van der Waals surface area contributed by atoms with E-state index in [1.807, 2.05) is 36.4 Å². The summed E-state index contributed by atoms with van der Waals surface area (Å²) in [5.74, 6) is 0.344. The molecule has 0 radical (unpaired) electrons. The second kappa shape index (κ2) is 9.39. The molecule has 1 N–H and O–H groups in total. The highest BCUT2D eigenvalue weighted by atomic mass is 19.1. The highest BCUT2D eigenvalue weighted by Gasteiger charge is 2.10. The number of nitrogens with zero attached hydrogens (tertiary/aromatic N) is 2. The number of amides is 1. The molecule has 1 aromatic heterocycles. The summed E-state index contributed by atoms with van der Waals surface area (Å²) in [5.41, 5.74) is 4.04. The number of carbonyl (C=O) groups is 1. The second-order valence-corrected chi connectivity index (χ2v) is 7.62. The van der Waals surface area contributed by atoms with Gasteiger partial charge in [-0.1, -0.05) is 38.1 Å². The molecule has 0 aliphatic rings. The smallest absolute Gasteiger partial charge is 0.321 e. The molecule has 0 unspecified atom stereocenters. The van der Waals surface area contributed by atoms with Crippen molar-refractivity contribution in [2.24, 2.45) is 0 Å². The number of halogens is 1. The van der Waals surface area contributed by atoms with Crippen molar-refractivity contribution in [1.82, 2.24) is 9.97 Å². The molecule has 0 saturated heterocycles. The Morgan fingerprint density at radius 3 is 2.25 bits per heavy atom. The predicted octanol–water partition coefficient (Wildman–Crippen LogP) is 6.45. The zero-order chi connectivity index (χ0) is 22.5. The van der Waals surface area contributed by atoms with Crippen LogP contribution < -0.4 is 10.1 Å². The van der Waals surface area contributed by atoms with Crippen molar-refractivity contribution < 1.29 is 13.9 Å². The van der Waals surface area contributed by atoms with E-state index < -0.39 is 0 Å². The second-order valence-electron chi connectivity index (χ2n) is 7.62. The molecule has 5 nitrogen and oxygen atoms in total. The summed E-state index contributed by atoms with van der Waals surface area (Å²) < 4.78 is 18.5. The van der Waals surface area contributed by atoms with Crippen LogP contribution in [0.15, 0.2) is 85.2 Å². The Kier molecular flexibility index (Phi) is 6.22. The first-order valence-electron chi connectivity index (χ1n) is 10.2. The molecule has 3 aromatic carbocycles. The van der Waals surface area contributed by atoms with Crippen LogP contribution in [-0.4, -0.2) is 15.9 Å². The molecule has 0 saturated carbocycles. The van der Waals surface area contributed by atoms with Gasteiger partial charge in [0.1, 0.15) is 11.6 Å². The molecule has 0 aliphatic carbocycles. The van der Waals surface area contributed by atoms with Gasteiger partial charge < -0.3 is 10.1 Å². The molecule has 160 valence electrons. The summed E-state index contributed by atoms with van der Waals surface area (Å²) in [5, 5.41) is 2.93. The molecule has 1 heterocycles. The van der Waals surface area contributed by atoms with Crippen molar-refractivity contribution in [3.8, 4) is 22.9 Å². The lowest BCUT2D eigenvalue weighted by molar-refractivity contribution is 0.102. The van der Waals surface area contributed by atoms with Gasteiger partial charge in [-0.05, 0) is 65.6 Å². The topological polar surface area (TPSA) is 64.1 Å². The fourth-order valence-electron chi connectivity index (χ4n) is 3.12. The van der Waals surface area contributed by atoms with Crippen molar-refractivity contribution in [3.05, 3.63) is 102 Å². The van der Waals surface area contributed by atoms with Gasteiger partial charge in [0.2, 0.25) is 0 Å². The van der Waals surface area contributed by atoms with Crippen molar-refractivity contribution in [2.75, 3.05) is 5.32 Å². The highest BCUT2D eigenvalue weighted by Crippen LogP contribution is 2.23. The molecule has 0 aliphatic heterocycles. The first kappa shape index (κ1) is 21.2. The van der Waals surface area contributed by atoms with Crippen LogP contribution in [0, 0.1) is 5.82 Å². The lowest BCUT2D eigenvalue weighted by Gasteiger charge is -2.09. The zero-order valence-corrected chi connectivity index (χ0v) is 17.7. The number of anilines is 1. The largest absolute Gasteiger partial charge is 0.424 e. The normalized spacial score (nSPS) is 10.8. The van der Waals surface area contributed by atoms with Crippen LogP contribution in [0.1, 0.15) is 35.7 Å². The summed E-state index contributed by atoms with van der Waals surface area (Å²) >= 11 is 0. The summed E-state index contributed by atoms with van der Waals surface area (Å²) in [6.07, 6.45) is 3.24. The molecule has 0 bridgehead atoms. The van der Waals surface area contributed by atoms with Crippen LogP contribution in [0.4, 0.5) is 10.1 Å². The minimum atomic E-state index is -0.342. The Hall–Kier alpha value is -4.06. The van der Waals surface area contributed by atoms with Crippen molar-refractivity contribution in [2.45, 2.75) is 19.8 Å². The van der Waals surface area contributed by atoms with Gasteiger partial charge in [0, 0.05) is 29.2 Å². The summed E-state index contributed by atoms with van der Waals surface area (Å²) in [6, 6.07) is 20.9. The van der Waals surface area contributed by atoms with Crippen molar-refractivity contribution >= 4 is 11.6 Å². The molecule has 0 atom stereocenters. The number of ether oxygens (including phenoxy) is 1. The van der Waals surface area contributed by atoms with E-state index in [9.17, 15) is 9.18 Å². The van der Waals surface area contributed by atoms with E-state index >= 15 is 0 Å². The molecular weight excluding hydrogens is 405 g/mol. The average Bonchev–Trinajstić information content (AvgIpc) is 2.81. The monoisotopic (exact) mass is 427 g/mol. The van der Waals surface area contributed by atoms with Gasteiger partial charge >= 0.3 is 6.01 Å². The van der Waals surface area contributed by atoms with E-state index in [1.165, 1.54) is 29.8 Å². The van der Waals surface area contributed by atoms with Crippen molar-refractivity contribution in [3.63, 3.8) is 0 Å². The van der Waals surface area contributed by atoms with Crippen LogP contribution in [-0.2, 0) is 0 Å². The Morgan fingerprint density at radius 1 is 0.906 bits per heavy atom. The fraction of sp³-hybridized carbons (Fsp3) is 0.115. The van der Waals surface area contributed by atoms with Gasteiger partial charge in [-0.3, -0.25) is 4.79 Å². The molecule has 0 spiro atoms. The summed E-state index contributed by atoms with van der Waals surface area (Å²) in [4.78, 5) is 21.1. The predicted molar refractivity (Wildman–Crippen MR) is 122 cm³/mol. The van der Waals surface area contributed by atoms with E-state index in [1.54, 1.807) is 24.5 Å². The summed E-state index contributed by atoms with van der Waals surface area (Å²) in [7, 11) is 0. The van der Waals surface area contributed by atoms with E-state index in [0.29, 0.717) is 17.2 Å². The van der Waals surface area contributed by atoms with Crippen molar-refractivity contribution in [1.29, 1.82) is 0 Å². The maximum Gasteiger partial charge on any atom is 0.321 e. The van der Waals surface area contributed by atoms with Gasteiger partial charge in [-0.2, -0.15) is 0 Å². The van der Waals surface area contributed by atoms with Crippen LogP contribution in [0.3, 0.4) is 0 Å². The van der Waals surface area contributed by atoms with Crippen LogP contribution in [0.5, 0.6) is 11.8 Å². The van der Waals surface area contributed by atoms with E-state index in [4.69, 9.17) is 4.74 Å². The first-order valence-corrected chi connectivity index (χ1v) is 10.2. The molecule has 4 aromatic rings. The Bertz CT molecular complexity index is 1210. The number of hydrogen-bond acceptors (Lipinski definition) is 4. The standard InChI is InChI=1S/C26H22FN3O2/c1-17(2)18-6-10-23(11-7-18)30-25(31)20-5-3-4-19(14-20)21-15-28-26(29-16-21)32-24-12-8-22(27)9-13-24/h3-17H,1-2H3,(H,30,31). The van der Waals surface area contributed by atoms with Gasteiger partial charge in [-0.15, -0.1) is 0 Å². The molecule has 6 heteroatoms. The van der Waals surface area contributed by atoms with E-state index in [0.717, 1.165) is 16.8 Å². The minimum Gasteiger partial charge on any atom is -0.424 e. The molecule has 0 fully saturated rings. The first-order chi connectivity index (χ1) is 15.5. The number of hydrogen-bond donors (Lipinski definition) is 1. The Labute approximate surface area is 185 Å². The number of rotatable bonds is 6. The molecule has 32 heavy (non-hydrogen) atoms. The third kappa shape index (κ3) is 5.16. The van der Waals surface area contributed by atoms with Gasteiger partial charge in [0.15, 0.2) is 0 Å². The van der Waals surface area contributed by atoms with Crippen LogP contribution >= 0.6 is 0 Å². The van der Waals surface area contributed by atoms with Gasteiger partial charge in [0.25, 0.3) is 5.91 Å². The maximum absolute atomic E-state index is 13.0. The quantitative estimate of drug-likeness (QED) is 0.384. The summed E-state index contributed by atoms with van der Waals surface area (Å²) in [6.45, 7) is 4.26. The van der Waals surface area contributed by atoms with Gasteiger partial charge in [0.05, 0.1) is 0 Å². The molecule has 4 rings (SSSR count). The minimum absolute atomic E-state index is 0.152. The average molecular weight is 427 g/mol. The maximum atomic E-state index is 13.0. The SMILES string of the molecule is CC(C)c1ccc(NC(=O)c2cccc(-c3cnc(Oc4ccc(F)cc4)nc3)c2)cc1. The highest BCUT2D eigenvalue weighted by molar-refractivity contribution is 6.04. The van der Waals surface area contributed by atoms with Crippen LogP contribution in [0.2, 0.25) is 0 Å². The van der Waals surface area contributed by atoms with E-state index in [2.05, 4.69) is 29.1 Å². The zero-order valence-electron chi connectivity index (χ0n) is 17.7. The number of benzene rings is 3. The number of aromatic nitrogens is 2. The number of carbonyl (C=O) groups excluding carboxylic acids is 1. The lowest BCUT2D eigenvalue weighted by atomic mass is 10.0. The third-order valence-electron chi connectivity index (χ3n) is 4.94. The lowest BCUT2D eigenvalue weighted by Crippen LogP contribution is -2.11. The van der Waals surface area contributed by atoms with E-state index in [-0.39, 0.29) is 17.7 Å². The van der Waals surface area contributed by atoms with Gasteiger partial charge in [-0.25, -0.2) is 14.4 Å². The molecular formula is C26H22FN3O2. The number of nitrogens with one attached hydrogen (secondary N) is 1. The third-order valence-corrected chi connectivity index (χ3v) is 4.94. The Morgan fingerprint density at radius 2 is 1.59 bits per heavy atom. The fourth-order valence-corrected chi connectivity index (χ4v) is 3.12.